The number of hydrogen-bond donors (Lipinski definition) is 0. The Labute approximate surface area is 162 Å². The van der Waals surface area contributed by atoms with E-state index in [4.69, 9.17) is 0 Å². The number of unbranched alkanes of at least 4 members (excludes halogenated alkanes) is 1. The van der Waals surface area contributed by atoms with Crippen molar-refractivity contribution in [1.29, 1.82) is 0 Å². The second-order valence-electron chi connectivity index (χ2n) is 6.81. The average Bonchev–Trinajstić information content (AvgIpc) is 2.97. The van der Waals surface area contributed by atoms with E-state index in [1.165, 1.54) is 32.1 Å². The van der Waals surface area contributed by atoms with Crippen LogP contribution in [0.3, 0.4) is 0 Å². The summed E-state index contributed by atoms with van der Waals surface area (Å²) in [4.78, 5) is 0. The molecule has 0 aromatic rings. The molecule has 0 unspecified atom stereocenters. The van der Waals surface area contributed by atoms with Gasteiger partial charge < -0.3 is 0 Å². The van der Waals surface area contributed by atoms with E-state index in [0.29, 0.717) is 13.0 Å². The first-order valence-corrected chi connectivity index (χ1v) is 11.7. The lowest BCUT2D eigenvalue weighted by Gasteiger charge is -2.45. The first kappa shape index (κ1) is 25.8. The predicted molar refractivity (Wildman–Crippen MR) is 109 cm³/mol. The maximum atomic E-state index is 10.2. The molecule has 0 bridgehead atoms. The van der Waals surface area contributed by atoms with Crippen molar-refractivity contribution in [3.63, 3.8) is 0 Å². The maximum Gasteiger partial charge on any atom is 0.267 e. The van der Waals surface area contributed by atoms with Crippen LogP contribution in [0.4, 0.5) is 0 Å². The van der Waals surface area contributed by atoms with E-state index in [2.05, 4.69) is 66.2 Å². The topological polar surface area (TPSA) is 56.3 Å². The molecule has 1 rings (SSSR count). The molecule has 8 heteroatoms. The summed E-state index contributed by atoms with van der Waals surface area (Å²) >= 11 is 0. The Hall–Kier alpha value is -0.250. The van der Waals surface area contributed by atoms with Crippen molar-refractivity contribution in [1.82, 2.24) is 20.3 Å². The summed E-state index contributed by atoms with van der Waals surface area (Å²) in [6, 6.07) is 0. The molecular formula is C18H42N4O3S. The van der Waals surface area contributed by atoms with Gasteiger partial charge in [-0.25, -0.2) is 15.0 Å². The predicted octanol–water partition coefficient (Wildman–Crippen LogP) is 2.97. The Morgan fingerprint density at radius 1 is 0.808 bits per heavy atom. The number of hydrogen-bond acceptors (Lipinski definition) is 7. The minimum Gasteiger partial charge on any atom is -0.270 e. The zero-order valence-corrected chi connectivity index (χ0v) is 18.7. The van der Waals surface area contributed by atoms with Gasteiger partial charge in [0.05, 0.1) is 12.4 Å². The van der Waals surface area contributed by atoms with Crippen LogP contribution < -0.4 is 0 Å². The molecule has 1 fully saturated rings. The third-order valence-electron chi connectivity index (χ3n) is 3.88. The van der Waals surface area contributed by atoms with Crippen molar-refractivity contribution >= 4 is 10.1 Å². The van der Waals surface area contributed by atoms with Crippen LogP contribution in [-0.4, -0.2) is 81.3 Å². The quantitative estimate of drug-likeness (QED) is 0.372. The van der Waals surface area contributed by atoms with Crippen molar-refractivity contribution in [3.05, 3.63) is 0 Å². The Morgan fingerprint density at radius 3 is 1.58 bits per heavy atom. The van der Waals surface area contributed by atoms with E-state index < -0.39 is 10.1 Å². The minimum atomic E-state index is -3.05. The molecule has 7 nitrogen and oxygen atoms in total. The zero-order valence-electron chi connectivity index (χ0n) is 17.9. The van der Waals surface area contributed by atoms with Gasteiger partial charge in [0, 0.05) is 40.3 Å². The van der Waals surface area contributed by atoms with Crippen LogP contribution in [0.15, 0.2) is 0 Å². The average molecular weight is 395 g/mol. The lowest BCUT2D eigenvalue weighted by atomic mass is 10.3. The fraction of sp³-hybridized carbons (Fsp3) is 1.00. The van der Waals surface area contributed by atoms with E-state index in [0.717, 1.165) is 26.2 Å². The molecule has 158 valence electrons. The molecule has 0 radical (unpaired) electrons. The van der Waals surface area contributed by atoms with Crippen molar-refractivity contribution in [2.45, 2.75) is 66.2 Å². The SMILES string of the molecule is CCCCN(CCC)N(N(C)C)N(CCC)CCC.O=S1(=O)CCCO1. The van der Waals surface area contributed by atoms with Crippen molar-refractivity contribution in [2.24, 2.45) is 0 Å². The molecule has 0 aromatic carbocycles. The van der Waals surface area contributed by atoms with Crippen LogP contribution in [0.2, 0.25) is 0 Å². The van der Waals surface area contributed by atoms with Gasteiger partial charge in [-0.15, -0.1) is 5.23 Å². The highest BCUT2D eigenvalue weighted by atomic mass is 32.2. The summed E-state index contributed by atoms with van der Waals surface area (Å²) in [5.74, 6) is 0.201. The molecule has 1 saturated heterocycles. The third kappa shape index (κ3) is 10.8. The van der Waals surface area contributed by atoms with E-state index in [-0.39, 0.29) is 5.75 Å². The summed E-state index contributed by atoms with van der Waals surface area (Å²) in [6.07, 6.45) is 6.75. The number of nitrogens with zero attached hydrogens (tertiary/aromatic N) is 4. The van der Waals surface area contributed by atoms with Crippen molar-refractivity contribution < 1.29 is 12.6 Å². The van der Waals surface area contributed by atoms with Gasteiger partial charge in [0.1, 0.15) is 0 Å². The van der Waals surface area contributed by atoms with Gasteiger partial charge in [0.15, 0.2) is 0 Å². The van der Waals surface area contributed by atoms with E-state index >= 15 is 0 Å². The maximum absolute atomic E-state index is 10.2. The summed E-state index contributed by atoms with van der Waals surface area (Å²) in [7, 11) is 1.25. The molecule has 1 aliphatic rings. The van der Waals surface area contributed by atoms with Crippen LogP contribution in [0.1, 0.15) is 66.2 Å². The van der Waals surface area contributed by atoms with E-state index in [9.17, 15) is 8.42 Å². The van der Waals surface area contributed by atoms with Crippen molar-refractivity contribution in [2.75, 3.05) is 52.6 Å². The van der Waals surface area contributed by atoms with Crippen LogP contribution in [-0.2, 0) is 14.3 Å². The second kappa shape index (κ2) is 14.8. The van der Waals surface area contributed by atoms with Crippen LogP contribution in [0.5, 0.6) is 0 Å². The van der Waals surface area contributed by atoms with Crippen LogP contribution in [0, 0.1) is 0 Å². The first-order chi connectivity index (χ1) is 12.3. The van der Waals surface area contributed by atoms with Crippen LogP contribution >= 0.6 is 0 Å². The van der Waals surface area contributed by atoms with Crippen LogP contribution in [0.25, 0.3) is 0 Å². The smallest absolute Gasteiger partial charge is 0.267 e. The third-order valence-corrected chi connectivity index (χ3v) is 5.19. The highest BCUT2D eigenvalue weighted by Gasteiger charge is 2.22. The number of rotatable bonds is 12. The molecule has 1 aliphatic heterocycles. The normalized spacial score (nSPS) is 16.5. The van der Waals surface area contributed by atoms with Gasteiger partial charge in [-0.2, -0.15) is 8.42 Å². The lowest BCUT2D eigenvalue weighted by molar-refractivity contribution is -0.293. The standard InChI is InChI=1S/C15H36N4.C3H6O3S/c1-7-11-15-18(14-10-4)19(16(5)6)17(12-8-2)13-9-3;4-7(5)3-1-2-6-7/h7-15H2,1-6H3;1-3H2. The molecule has 0 aromatic heterocycles. The molecular weight excluding hydrogens is 352 g/mol. The molecule has 0 amide bonds. The summed E-state index contributed by atoms with van der Waals surface area (Å²) in [5, 5.41) is 9.56. The lowest BCUT2D eigenvalue weighted by Crippen LogP contribution is -2.60. The molecule has 0 atom stereocenters. The number of hydrazine groups is 3. The Balaban J connectivity index is 0.000000735. The summed E-state index contributed by atoms with van der Waals surface area (Å²) < 4.78 is 24.7. The van der Waals surface area contributed by atoms with E-state index in [1.54, 1.807) is 0 Å². The van der Waals surface area contributed by atoms with Gasteiger partial charge in [0.2, 0.25) is 0 Å². The van der Waals surface area contributed by atoms with Gasteiger partial charge in [0.25, 0.3) is 10.1 Å². The highest BCUT2D eigenvalue weighted by molar-refractivity contribution is 7.86. The highest BCUT2D eigenvalue weighted by Crippen LogP contribution is 2.10. The molecule has 26 heavy (non-hydrogen) atoms. The summed E-state index contributed by atoms with van der Waals surface area (Å²) in [5.41, 5.74) is 0. The van der Waals surface area contributed by atoms with Gasteiger partial charge in [-0.3, -0.25) is 4.18 Å². The minimum absolute atomic E-state index is 0.201. The second-order valence-corrected chi connectivity index (χ2v) is 8.57. The molecule has 0 spiro atoms. The Morgan fingerprint density at radius 2 is 1.31 bits per heavy atom. The fourth-order valence-electron chi connectivity index (χ4n) is 2.86. The first-order valence-electron chi connectivity index (χ1n) is 10.2. The van der Waals surface area contributed by atoms with Crippen molar-refractivity contribution in [3.8, 4) is 0 Å². The van der Waals surface area contributed by atoms with Gasteiger partial charge in [-0.05, 0) is 32.1 Å². The van der Waals surface area contributed by atoms with E-state index in [1.807, 2.05) is 0 Å². The Kier molecular flexibility index (Phi) is 14.6. The summed E-state index contributed by atoms with van der Waals surface area (Å²) in [6.45, 7) is 13.9. The molecule has 0 N–H and O–H groups in total. The van der Waals surface area contributed by atoms with Gasteiger partial charge in [-0.1, -0.05) is 34.1 Å². The van der Waals surface area contributed by atoms with Gasteiger partial charge >= 0.3 is 0 Å². The molecule has 0 saturated carbocycles. The zero-order chi connectivity index (χ0) is 20.0. The fourth-order valence-corrected chi connectivity index (χ4v) is 3.82. The largest absolute Gasteiger partial charge is 0.270 e. The Bertz CT molecular complexity index is 414. The molecule has 0 aliphatic carbocycles. The molecule has 1 heterocycles. The monoisotopic (exact) mass is 394 g/mol.